The van der Waals surface area contributed by atoms with Crippen molar-refractivity contribution in [2.45, 2.75) is 71.3 Å². The maximum absolute atomic E-state index is 3.69. The van der Waals surface area contributed by atoms with Crippen molar-refractivity contribution in [3.05, 3.63) is 35.4 Å². The molecule has 0 spiro atoms. The Kier molecular flexibility index (Phi) is 6.59. The maximum atomic E-state index is 3.69. The van der Waals surface area contributed by atoms with Gasteiger partial charge in [0.2, 0.25) is 0 Å². The molecular formula is C19H31N. The van der Waals surface area contributed by atoms with E-state index in [-0.39, 0.29) is 0 Å². The summed E-state index contributed by atoms with van der Waals surface area (Å²) in [5.41, 5.74) is 2.95. The lowest BCUT2D eigenvalue weighted by atomic mass is 9.84. The highest BCUT2D eigenvalue weighted by atomic mass is 14.9. The summed E-state index contributed by atoms with van der Waals surface area (Å²) in [7, 11) is 0. The fourth-order valence-electron chi connectivity index (χ4n) is 3.54. The molecule has 1 N–H and O–H groups in total. The second-order valence-corrected chi connectivity index (χ2v) is 6.29. The standard InChI is InChI=1S/C19H31N/c1-3-16-11-8-12-18(15-16)19(20-4-2)14-13-17-9-6-5-7-10-17/h8,11-12,15,17,19-20H,3-7,9-10,13-14H2,1-2H3. The molecule has 0 aromatic heterocycles. The predicted octanol–water partition coefficient (Wildman–Crippen LogP) is 5.26. The molecule has 1 atom stereocenters. The van der Waals surface area contributed by atoms with Gasteiger partial charge >= 0.3 is 0 Å². The van der Waals surface area contributed by atoms with Crippen LogP contribution in [0, 0.1) is 5.92 Å². The van der Waals surface area contributed by atoms with Crippen molar-refractivity contribution in [2.75, 3.05) is 6.54 Å². The summed E-state index contributed by atoms with van der Waals surface area (Å²) < 4.78 is 0. The number of hydrogen-bond acceptors (Lipinski definition) is 1. The Balaban J connectivity index is 1.94. The van der Waals surface area contributed by atoms with Crippen LogP contribution < -0.4 is 5.32 Å². The number of nitrogens with one attached hydrogen (secondary N) is 1. The summed E-state index contributed by atoms with van der Waals surface area (Å²) in [4.78, 5) is 0. The summed E-state index contributed by atoms with van der Waals surface area (Å²) in [5, 5.41) is 3.69. The van der Waals surface area contributed by atoms with Crippen molar-refractivity contribution >= 4 is 0 Å². The molecular weight excluding hydrogens is 242 g/mol. The zero-order valence-corrected chi connectivity index (χ0v) is 13.3. The molecule has 1 aliphatic carbocycles. The molecule has 0 heterocycles. The molecule has 0 saturated heterocycles. The SMILES string of the molecule is CCNC(CCC1CCCCC1)c1cccc(CC)c1. The van der Waals surface area contributed by atoms with E-state index in [0.717, 1.165) is 18.9 Å². The lowest BCUT2D eigenvalue weighted by Crippen LogP contribution is -2.22. The van der Waals surface area contributed by atoms with Crippen LogP contribution in [0.25, 0.3) is 0 Å². The van der Waals surface area contributed by atoms with Gasteiger partial charge in [0.15, 0.2) is 0 Å². The second kappa shape index (κ2) is 8.46. The Labute approximate surface area is 125 Å². The lowest BCUT2D eigenvalue weighted by Gasteiger charge is -2.25. The van der Waals surface area contributed by atoms with Gasteiger partial charge in [-0.2, -0.15) is 0 Å². The number of hydrogen-bond donors (Lipinski definition) is 1. The highest BCUT2D eigenvalue weighted by Crippen LogP contribution is 2.30. The molecule has 0 radical (unpaired) electrons. The number of rotatable bonds is 7. The van der Waals surface area contributed by atoms with Gasteiger partial charge in [-0.25, -0.2) is 0 Å². The molecule has 1 heteroatoms. The normalized spacial score (nSPS) is 18.1. The van der Waals surface area contributed by atoms with Crippen LogP contribution >= 0.6 is 0 Å². The molecule has 112 valence electrons. The van der Waals surface area contributed by atoms with E-state index >= 15 is 0 Å². The predicted molar refractivity (Wildman–Crippen MR) is 88.0 cm³/mol. The topological polar surface area (TPSA) is 12.0 Å². The zero-order chi connectivity index (χ0) is 14.2. The zero-order valence-electron chi connectivity index (χ0n) is 13.3. The van der Waals surface area contributed by atoms with Crippen LogP contribution in [0.4, 0.5) is 0 Å². The van der Waals surface area contributed by atoms with Crippen LogP contribution in [0.2, 0.25) is 0 Å². The maximum Gasteiger partial charge on any atom is 0.0320 e. The first-order chi connectivity index (χ1) is 9.83. The highest BCUT2D eigenvalue weighted by Gasteiger charge is 2.17. The molecule has 0 amide bonds. The van der Waals surface area contributed by atoms with Gasteiger partial charge in [-0.05, 0) is 42.9 Å². The van der Waals surface area contributed by atoms with Crippen LogP contribution in [0.1, 0.15) is 76.0 Å². The van der Waals surface area contributed by atoms with E-state index in [1.54, 1.807) is 0 Å². The van der Waals surface area contributed by atoms with E-state index in [2.05, 4.69) is 43.4 Å². The smallest absolute Gasteiger partial charge is 0.0320 e. The average Bonchev–Trinajstić information content (AvgIpc) is 2.52. The highest BCUT2D eigenvalue weighted by molar-refractivity contribution is 5.26. The first-order valence-electron chi connectivity index (χ1n) is 8.65. The van der Waals surface area contributed by atoms with E-state index in [4.69, 9.17) is 0 Å². The minimum atomic E-state index is 0.549. The summed E-state index contributed by atoms with van der Waals surface area (Å²) in [5.74, 6) is 0.985. The van der Waals surface area contributed by atoms with Gasteiger partial charge in [0.25, 0.3) is 0 Å². The number of benzene rings is 1. The lowest BCUT2D eigenvalue weighted by molar-refractivity contribution is 0.315. The average molecular weight is 273 g/mol. The van der Waals surface area contributed by atoms with Gasteiger partial charge < -0.3 is 5.32 Å². The molecule has 1 aromatic carbocycles. The molecule has 1 unspecified atom stereocenters. The van der Waals surface area contributed by atoms with Gasteiger partial charge in [-0.1, -0.05) is 70.2 Å². The van der Waals surface area contributed by atoms with Gasteiger partial charge in [0.1, 0.15) is 0 Å². The third-order valence-corrected chi connectivity index (χ3v) is 4.80. The van der Waals surface area contributed by atoms with E-state index in [1.165, 1.54) is 56.1 Å². The molecule has 1 aromatic rings. The third-order valence-electron chi connectivity index (χ3n) is 4.80. The summed E-state index contributed by atoms with van der Waals surface area (Å²) in [6.45, 7) is 5.52. The molecule has 1 saturated carbocycles. The largest absolute Gasteiger partial charge is 0.310 e. The van der Waals surface area contributed by atoms with Crippen molar-refractivity contribution in [1.82, 2.24) is 5.32 Å². The minimum absolute atomic E-state index is 0.549. The molecule has 1 nitrogen and oxygen atoms in total. The summed E-state index contributed by atoms with van der Waals surface area (Å²) in [6.07, 6.45) is 11.1. The Morgan fingerprint density at radius 1 is 1.15 bits per heavy atom. The first-order valence-corrected chi connectivity index (χ1v) is 8.65. The first kappa shape index (κ1) is 15.6. The minimum Gasteiger partial charge on any atom is -0.310 e. The molecule has 0 bridgehead atoms. The monoisotopic (exact) mass is 273 g/mol. The Morgan fingerprint density at radius 2 is 1.95 bits per heavy atom. The molecule has 2 rings (SSSR count). The summed E-state index contributed by atoms with van der Waals surface area (Å²) in [6, 6.07) is 9.71. The van der Waals surface area contributed by atoms with Crippen LogP contribution in [0.3, 0.4) is 0 Å². The van der Waals surface area contributed by atoms with Crippen LogP contribution in [0.15, 0.2) is 24.3 Å². The van der Waals surface area contributed by atoms with Crippen molar-refractivity contribution in [3.8, 4) is 0 Å². The number of aryl methyl sites for hydroxylation is 1. The third kappa shape index (κ3) is 4.63. The van der Waals surface area contributed by atoms with E-state index in [9.17, 15) is 0 Å². The fourth-order valence-corrected chi connectivity index (χ4v) is 3.54. The van der Waals surface area contributed by atoms with E-state index < -0.39 is 0 Å². The van der Waals surface area contributed by atoms with Crippen LogP contribution in [-0.4, -0.2) is 6.54 Å². The van der Waals surface area contributed by atoms with Gasteiger partial charge in [-0.3, -0.25) is 0 Å². The van der Waals surface area contributed by atoms with Crippen molar-refractivity contribution in [3.63, 3.8) is 0 Å². The van der Waals surface area contributed by atoms with Crippen molar-refractivity contribution < 1.29 is 0 Å². The van der Waals surface area contributed by atoms with Crippen LogP contribution in [0.5, 0.6) is 0 Å². The van der Waals surface area contributed by atoms with E-state index in [0.29, 0.717) is 6.04 Å². The molecule has 1 fully saturated rings. The van der Waals surface area contributed by atoms with Gasteiger partial charge in [-0.15, -0.1) is 0 Å². The summed E-state index contributed by atoms with van der Waals surface area (Å²) >= 11 is 0. The molecule has 20 heavy (non-hydrogen) atoms. The Hall–Kier alpha value is -0.820. The quantitative estimate of drug-likeness (QED) is 0.714. The van der Waals surface area contributed by atoms with Gasteiger partial charge in [0, 0.05) is 6.04 Å². The van der Waals surface area contributed by atoms with Crippen molar-refractivity contribution in [2.24, 2.45) is 5.92 Å². The second-order valence-electron chi connectivity index (χ2n) is 6.29. The fraction of sp³-hybridized carbons (Fsp3) is 0.684. The molecule has 0 aliphatic heterocycles. The van der Waals surface area contributed by atoms with Gasteiger partial charge in [0.05, 0.1) is 0 Å². The van der Waals surface area contributed by atoms with Crippen LogP contribution in [-0.2, 0) is 6.42 Å². The Morgan fingerprint density at radius 3 is 2.65 bits per heavy atom. The van der Waals surface area contributed by atoms with Crippen molar-refractivity contribution in [1.29, 1.82) is 0 Å². The van der Waals surface area contributed by atoms with E-state index in [1.807, 2.05) is 0 Å². The Bertz CT molecular complexity index is 379. The molecule has 1 aliphatic rings.